The molecule has 0 N–H and O–H groups in total. The predicted octanol–water partition coefficient (Wildman–Crippen LogP) is 1.88. The van der Waals surface area contributed by atoms with Gasteiger partial charge in [0, 0.05) is 6.04 Å². The molecule has 2 nitrogen and oxygen atoms in total. The highest BCUT2D eigenvalue weighted by Crippen LogP contribution is 2.24. The molecule has 1 atom stereocenters. The van der Waals surface area contributed by atoms with E-state index in [0.29, 0.717) is 12.5 Å². The van der Waals surface area contributed by atoms with Gasteiger partial charge in [-0.3, -0.25) is 0 Å². The fourth-order valence-corrected chi connectivity index (χ4v) is 1.35. The zero-order valence-electron chi connectivity index (χ0n) is 8.18. The summed E-state index contributed by atoms with van der Waals surface area (Å²) in [6.45, 7) is 6.49. The van der Waals surface area contributed by atoms with E-state index in [0.717, 1.165) is 0 Å². The van der Waals surface area contributed by atoms with E-state index in [1.54, 1.807) is 0 Å². The Labute approximate surface area is 69.8 Å². The molecule has 0 bridgehead atoms. The Hall–Kier alpha value is -0.550. The Bertz CT molecular complexity index is 148. The molecule has 0 fully saturated rings. The molecule has 0 rings (SSSR count). The van der Waals surface area contributed by atoms with Crippen LogP contribution in [0, 0.1) is 16.7 Å². The summed E-state index contributed by atoms with van der Waals surface area (Å²) < 4.78 is 0. The molecule has 2 heteroatoms. The maximum atomic E-state index is 8.57. The lowest BCUT2D eigenvalue weighted by Gasteiger charge is -2.34. The molecule has 0 aromatic carbocycles. The van der Waals surface area contributed by atoms with Gasteiger partial charge in [0.15, 0.2) is 0 Å². The van der Waals surface area contributed by atoms with Gasteiger partial charge in [-0.1, -0.05) is 20.8 Å². The third kappa shape index (κ3) is 3.38. The van der Waals surface area contributed by atoms with Crippen molar-refractivity contribution in [2.24, 2.45) is 5.41 Å². The molecule has 64 valence electrons. The molecule has 0 radical (unpaired) electrons. The minimum atomic E-state index is 0.194. The molecule has 0 aromatic heterocycles. The fraction of sp³-hybridized carbons (Fsp3) is 0.889. The first-order chi connectivity index (χ1) is 4.89. The Balaban J connectivity index is 4.25. The molecule has 0 spiro atoms. The minimum Gasteiger partial charge on any atom is -0.305 e. The van der Waals surface area contributed by atoms with Crippen molar-refractivity contribution in [1.29, 1.82) is 5.26 Å². The Kier molecular flexibility index (Phi) is 3.54. The standard InChI is InChI=1S/C9H18N2/c1-9(2,3)8(6-7-10)11(4)5/h8H,6H2,1-5H3. The van der Waals surface area contributed by atoms with Crippen LogP contribution in [0.25, 0.3) is 0 Å². The summed E-state index contributed by atoms with van der Waals surface area (Å²) in [5, 5.41) is 8.57. The van der Waals surface area contributed by atoms with E-state index < -0.39 is 0 Å². The molecule has 0 aliphatic heterocycles. The first-order valence-corrected chi connectivity index (χ1v) is 3.93. The van der Waals surface area contributed by atoms with Crippen LogP contribution in [-0.4, -0.2) is 25.0 Å². The molecule has 0 saturated heterocycles. The van der Waals surface area contributed by atoms with Crippen LogP contribution in [0.4, 0.5) is 0 Å². The lowest BCUT2D eigenvalue weighted by molar-refractivity contribution is 0.156. The molecule has 0 heterocycles. The van der Waals surface area contributed by atoms with Gasteiger partial charge in [-0.05, 0) is 19.5 Å². The molecule has 11 heavy (non-hydrogen) atoms. The summed E-state index contributed by atoms with van der Waals surface area (Å²) in [4.78, 5) is 2.11. The smallest absolute Gasteiger partial charge is 0.0638 e. The molecule has 0 aliphatic rings. The molecular formula is C9H18N2. The summed E-state index contributed by atoms with van der Waals surface area (Å²) >= 11 is 0. The SMILES string of the molecule is CN(C)C(CC#N)C(C)(C)C. The van der Waals surface area contributed by atoms with Crippen LogP contribution < -0.4 is 0 Å². The summed E-state index contributed by atoms with van der Waals surface area (Å²) in [6.07, 6.45) is 0.608. The summed E-state index contributed by atoms with van der Waals surface area (Å²) in [5.41, 5.74) is 0.194. The van der Waals surface area contributed by atoms with E-state index in [1.165, 1.54) is 0 Å². The van der Waals surface area contributed by atoms with Crippen molar-refractivity contribution in [3.05, 3.63) is 0 Å². The van der Waals surface area contributed by atoms with Gasteiger partial charge in [0.25, 0.3) is 0 Å². The first kappa shape index (κ1) is 10.4. The van der Waals surface area contributed by atoms with Crippen molar-refractivity contribution in [2.45, 2.75) is 33.2 Å². The van der Waals surface area contributed by atoms with Gasteiger partial charge < -0.3 is 4.90 Å². The third-order valence-corrected chi connectivity index (χ3v) is 1.91. The highest BCUT2D eigenvalue weighted by molar-refractivity contribution is 4.88. The number of nitriles is 1. The number of nitrogens with zero attached hydrogens (tertiary/aromatic N) is 2. The van der Waals surface area contributed by atoms with Crippen LogP contribution in [-0.2, 0) is 0 Å². The number of hydrogen-bond donors (Lipinski definition) is 0. The van der Waals surface area contributed by atoms with Gasteiger partial charge in [0.1, 0.15) is 0 Å². The van der Waals surface area contributed by atoms with Crippen LogP contribution in [0.2, 0.25) is 0 Å². The van der Waals surface area contributed by atoms with E-state index in [-0.39, 0.29) is 5.41 Å². The second-order valence-corrected chi connectivity index (χ2v) is 4.21. The Morgan fingerprint density at radius 2 is 1.82 bits per heavy atom. The normalized spacial score (nSPS) is 14.6. The highest BCUT2D eigenvalue weighted by atomic mass is 15.1. The van der Waals surface area contributed by atoms with Crippen molar-refractivity contribution in [3.8, 4) is 6.07 Å². The van der Waals surface area contributed by atoms with E-state index >= 15 is 0 Å². The van der Waals surface area contributed by atoms with Gasteiger partial charge in [0.05, 0.1) is 12.5 Å². The van der Waals surface area contributed by atoms with Gasteiger partial charge in [-0.2, -0.15) is 5.26 Å². The second kappa shape index (κ2) is 3.73. The Morgan fingerprint density at radius 1 is 1.36 bits per heavy atom. The van der Waals surface area contributed by atoms with Crippen molar-refractivity contribution < 1.29 is 0 Å². The zero-order chi connectivity index (χ0) is 9.07. The van der Waals surface area contributed by atoms with Gasteiger partial charge >= 0.3 is 0 Å². The minimum absolute atomic E-state index is 0.194. The lowest BCUT2D eigenvalue weighted by Crippen LogP contribution is -2.38. The highest BCUT2D eigenvalue weighted by Gasteiger charge is 2.25. The molecule has 0 aromatic rings. The van der Waals surface area contributed by atoms with Crippen LogP contribution in [0.1, 0.15) is 27.2 Å². The molecule has 0 amide bonds. The van der Waals surface area contributed by atoms with E-state index in [1.807, 2.05) is 14.1 Å². The van der Waals surface area contributed by atoms with Crippen molar-refractivity contribution in [2.75, 3.05) is 14.1 Å². The summed E-state index contributed by atoms with van der Waals surface area (Å²) in [6, 6.07) is 2.57. The quantitative estimate of drug-likeness (QED) is 0.607. The molecule has 0 saturated carbocycles. The van der Waals surface area contributed by atoms with Gasteiger partial charge in [-0.25, -0.2) is 0 Å². The maximum Gasteiger partial charge on any atom is 0.0638 e. The number of rotatable bonds is 2. The molecular weight excluding hydrogens is 136 g/mol. The topological polar surface area (TPSA) is 27.0 Å². The second-order valence-electron chi connectivity index (χ2n) is 4.21. The van der Waals surface area contributed by atoms with E-state index in [4.69, 9.17) is 5.26 Å². The van der Waals surface area contributed by atoms with E-state index in [9.17, 15) is 0 Å². The Morgan fingerprint density at radius 3 is 1.91 bits per heavy atom. The van der Waals surface area contributed by atoms with Gasteiger partial charge in [-0.15, -0.1) is 0 Å². The maximum absolute atomic E-state index is 8.57. The average Bonchev–Trinajstić information content (AvgIpc) is 1.79. The first-order valence-electron chi connectivity index (χ1n) is 3.93. The van der Waals surface area contributed by atoms with Crippen molar-refractivity contribution >= 4 is 0 Å². The van der Waals surface area contributed by atoms with Crippen LogP contribution in [0.15, 0.2) is 0 Å². The van der Waals surface area contributed by atoms with Crippen molar-refractivity contribution in [3.63, 3.8) is 0 Å². The van der Waals surface area contributed by atoms with Crippen molar-refractivity contribution in [1.82, 2.24) is 4.90 Å². The van der Waals surface area contributed by atoms with E-state index in [2.05, 4.69) is 31.7 Å². The largest absolute Gasteiger partial charge is 0.305 e. The third-order valence-electron chi connectivity index (χ3n) is 1.91. The average molecular weight is 154 g/mol. The van der Waals surface area contributed by atoms with Crippen LogP contribution in [0.3, 0.4) is 0 Å². The summed E-state index contributed by atoms with van der Waals surface area (Å²) in [5.74, 6) is 0. The monoisotopic (exact) mass is 154 g/mol. The predicted molar refractivity (Wildman–Crippen MR) is 47.2 cm³/mol. The summed E-state index contributed by atoms with van der Waals surface area (Å²) in [7, 11) is 4.04. The lowest BCUT2D eigenvalue weighted by atomic mass is 9.84. The van der Waals surface area contributed by atoms with Crippen LogP contribution >= 0.6 is 0 Å². The fourth-order valence-electron chi connectivity index (χ4n) is 1.35. The molecule has 0 aliphatic carbocycles. The molecule has 1 unspecified atom stereocenters. The van der Waals surface area contributed by atoms with Gasteiger partial charge in [0.2, 0.25) is 0 Å². The zero-order valence-corrected chi connectivity index (χ0v) is 8.18. The van der Waals surface area contributed by atoms with Crippen LogP contribution in [0.5, 0.6) is 0 Å². The number of hydrogen-bond acceptors (Lipinski definition) is 2.